The zero-order valence-electron chi connectivity index (χ0n) is 13.8. The van der Waals surface area contributed by atoms with Crippen molar-refractivity contribution in [2.45, 2.75) is 25.8 Å². The molecule has 1 aromatic carbocycles. The van der Waals surface area contributed by atoms with Crippen LogP contribution in [0, 0.1) is 5.92 Å². The Morgan fingerprint density at radius 2 is 2.12 bits per heavy atom. The summed E-state index contributed by atoms with van der Waals surface area (Å²) >= 11 is 0. The minimum Gasteiger partial charge on any atom is -0.335 e. The van der Waals surface area contributed by atoms with Gasteiger partial charge in [0.05, 0.1) is 11.8 Å². The van der Waals surface area contributed by atoms with Gasteiger partial charge in [-0.1, -0.05) is 31.5 Å². The second-order valence-electron chi connectivity index (χ2n) is 6.37. The molecule has 0 bridgehead atoms. The average molecular weight is 350 g/mol. The molecule has 1 saturated heterocycles. The van der Waals surface area contributed by atoms with E-state index in [9.17, 15) is 13.2 Å². The summed E-state index contributed by atoms with van der Waals surface area (Å²) in [5.74, 6) is -0.0368. The van der Waals surface area contributed by atoms with Gasteiger partial charge in [0.15, 0.2) is 5.69 Å². The molecule has 24 heavy (non-hydrogen) atoms. The smallest absolute Gasteiger partial charge is 0.275 e. The number of rotatable bonds is 5. The lowest BCUT2D eigenvalue weighted by molar-refractivity contribution is 0.0781. The second-order valence-corrected chi connectivity index (χ2v) is 8.15. The number of aromatic amines is 1. The maximum Gasteiger partial charge on any atom is 0.275 e. The molecule has 1 aliphatic rings. The van der Waals surface area contributed by atoms with Crippen molar-refractivity contribution in [1.29, 1.82) is 0 Å². The number of para-hydroxylation sites is 1. The van der Waals surface area contributed by atoms with E-state index in [1.54, 1.807) is 4.90 Å². The molecule has 7 nitrogen and oxygen atoms in total. The summed E-state index contributed by atoms with van der Waals surface area (Å²) < 4.78 is 25.8. The van der Waals surface area contributed by atoms with Gasteiger partial charge in [-0.3, -0.25) is 9.89 Å². The molecule has 2 heterocycles. The molecule has 1 fully saturated rings. The number of amides is 1. The molecule has 3 rings (SSSR count). The van der Waals surface area contributed by atoms with E-state index < -0.39 is 10.0 Å². The second kappa shape index (κ2) is 6.52. The van der Waals surface area contributed by atoms with Gasteiger partial charge in [-0.25, -0.2) is 13.1 Å². The Hall–Kier alpha value is -1.93. The van der Waals surface area contributed by atoms with Crippen LogP contribution in [0.25, 0.3) is 10.9 Å². The lowest BCUT2D eigenvalue weighted by Crippen LogP contribution is -2.40. The number of likely N-dealkylation sites (tertiary alicyclic amines) is 1. The minimum atomic E-state index is -3.31. The van der Waals surface area contributed by atoms with E-state index in [1.165, 1.54) is 0 Å². The monoisotopic (exact) mass is 350 g/mol. The van der Waals surface area contributed by atoms with Crippen LogP contribution in [-0.2, 0) is 10.0 Å². The number of H-pyrrole nitrogens is 1. The van der Waals surface area contributed by atoms with Crippen LogP contribution < -0.4 is 4.72 Å². The summed E-state index contributed by atoms with van der Waals surface area (Å²) in [4.78, 5) is 14.5. The number of hydrogen-bond acceptors (Lipinski definition) is 4. The summed E-state index contributed by atoms with van der Waals surface area (Å²) in [7, 11) is -3.31. The van der Waals surface area contributed by atoms with E-state index in [4.69, 9.17) is 0 Å². The molecule has 1 amide bonds. The molecule has 0 unspecified atom stereocenters. The van der Waals surface area contributed by atoms with Gasteiger partial charge in [-0.2, -0.15) is 5.10 Å². The topological polar surface area (TPSA) is 95.2 Å². The van der Waals surface area contributed by atoms with Crippen molar-refractivity contribution < 1.29 is 13.2 Å². The fourth-order valence-corrected chi connectivity index (χ4v) is 4.20. The van der Waals surface area contributed by atoms with Crippen LogP contribution >= 0.6 is 0 Å². The lowest BCUT2D eigenvalue weighted by atomic mass is 9.99. The summed E-state index contributed by atoms with van der Waals surface area (Å²) in [6.45, 7) is 2.97. The number of sulfonamides is 1. The Kier molecular flexibility index (Phi) is 4.60. The van der Waals surface area contributed by atoms with Crippen molar-refractivity contribution in [1.82, 2.24) is 19.8 Å². The van der Waals surface area contributed by atoms with E-state index in [1.807, 2.05) is 24.3 Å². The standard InChI is InChI=1S/C16H22N4O3S/c1-3-6-11-9-20(10-14(11)19-24(2,22)23)16(21)15-12-7-4-5-8-13(12)17-18-15/h4-5,7-8,11,14,19H,3,6,9-10H2,1-2H3,(H,17,18)/t11-,14-/m1/s1. The van der Waals surface area contributed by atoms with Crippen molar-refractivity contribution in [3.05, 3.63) is 30.0 Å². The summed E-state index contributed by atoms with van der Waals surface area (Å²) in [6.07, 6.45) is 2.97. The van der Waals surface area contributed by atoms with Crippen LogP contribution in [0.1, 0.15) is 30.3 Å². The quantitative estimate of drug-likeness (QED) is 0.851. The fraction of sp³-hybridized carbons (Fsp3) is 0.500. The molecular weight excluding hydrogens is 328 g/mol. The van der Waals surface area contributed by atoms with Crippen molar-refractivity contribution in [2.24, 2.45) is 5.92 Å². The van der Waals surface area contributed by atoms with Crippen LogP contribution in [0.4, 0.5) is 0 Å². The number of nitrogens with one attached hydrogen (secondary N) is 2. The molecular formula is C16H22N4O3S. The number of aromatic nitrogens is 2. The molecule has 1 aromatic heterocycles. The zero-order chi connectivity index (χ0) is 17.3. The molecule has 2 N–H and O–H groups in total. The number of carbonyl (C=O) groups excluding carboxylic acids is 1. The van der Waals surface area contributed by atoms with Gasteiger partial charge in [-0.15, -0.1) is 0 Å². The van der Waals surface area contributed by atoms with Gasteiger partial charge in [-0.05, 0) is 18.4 Å². The highest BCUT2D eigenvalue weighted by Crippen LogP contribution is 2.25. The Balaban J connectivity index is 1.83. The molecule has 1 aliphatic heterocycles. The molecule has 0 saturated carbocycles. The molecule has 130 valence electrons. The lowest BCUT2D eigenvalue weighted by Gasteiger charge is -2.17. The average Bonchev–Trinajstić information content (AvgIpc) is 3.10. The predicted octanol–water partition coefficient (Wildman–Crippen LogP) is 1.35. The number of hydrogen-bond donors (Lipinski definition) is 2. The molecule has 8 heteroatoms. The SMILES string of the molecule is CCC[C@@H]1CN(C(=O)c2n[nH]c3ccccc23)C[C@H]1NS(C)(=O)=O. The first-order valence-electron chi connectivity index (χ1n) is 8.08. The van der Waals surface area contributed by atoms with Crippen LogP contribution in [-0.4, -0.2) is 54.8 Å². The highest BCUT2D eigenvalue weighted by Gasteiger charge is 2.37. The Labute approximate surface area is 141 Å². The van der Waals surface area contributed by atoms with Gasteiger partial charge < -0.3 is 4.90 Å². The van der Waals surface area contributed by atoms with Gasteiger partial charge in [0.2, 0.25) is 10.0 Å². The van der Waals surface area contributed by atoms with E-state index >= 15 is 0 Å². The maximum absolute atomic E-state index is 12.8. The zero-order valence-corrected chi connectivity index (χ0v) is 14.6. The third-order valence-electron chi connectivity index (χ3n) is 4.43. The number of fused-ring (bicyclic) bond motifs is 1. The summed E-state index contributed by atoms with van der Waals surface area (Å²) in [5, 5.41) is 7.81. The van der Waals surface area contributed by atoms with Gasteiger partial charge in [0, 0.05) is 24.5 Å². The highest BCUT2D eigenvalue weighted by atomic mass is 32.2. The molecule has 0 spiro atoms. The van der Waals surface area contributed by atoms with Crippen molar-refractivity contribution in [3.63, 3.8) is 0 Å². The Bertz CT molecular complexity index is 846. The normalized spacial score (nSPS) is 21.5. The summed E-state index contributed by atoms with van der Waals surface area (Å²) in [6, 6.07) is 7.24. The highest BCUT2D eigenvalue weighted by molar-refractivity contribution is 7.88. The first-order chi connectivity index (χ1) is 11.4. The fourth-order valence-electron chi connectivity index (χ4n) is 3.39. The number of nitrogens with zero attached hydrogens (tertiary/aromatic N) is 2. The first kappa shape index (κ1) is 16.9. The molecule has 2 aromatic rings. The van der Waals surface area contributed by atoms with E-state index in [0.29, 0.717) is 18.8 Å². The molecule has 0 aliphatic carbocycles. The number of carbonyl (C=O) groups is 1. The third kappa shape index (κ3) is 3.44. The van der Waals surface area contributed by atoms with Crippen LogP contribution in [0.3, 0.4) is 0 Å². The summed E-state index contributed by atoms with van der Waals surface area (Å²) in [5.41, 5.74) is 1.21. The van der Waals surface area contributed by atoms with Gasteiger partial charge in [0.25, 0.3) is 5.91 Å². The minimum absolute atomic E-state index is 0.124. The molecule has 0 radical (unpaired) electrons. The van der Waals surface area contributed by atoms with E-state index in [0.717, 1.165) is 30.0 Å². The van der Waals surface area contributed by atoms with Crippen LogP contribution in [0.15, 0.2) is 24.3 Å². The van der Waals surface area contributed by atoms with Gasteiger partial charge in [0.1, 0.15) is 0 Å². The Morgan fingerprint density at radius 3 is 2.83 bits per heavy atom. The van der Waals surface area contributed by atoms with Gasteiger partial charge >= 0.3 is 0 Å². The van der Waals surface area contributed by atoms with Crippen molar-refractivity contribution in [3.8, 4) is 0 Å². The Morgan fingerprint density at radius 1 is 1.38 bits per heavy atom. The van der Waals surface area contributed by atoms with Crippen LogP contribution in [0.5, 0.6) is 0 Å². The van der Waals surface area contributed by atoms with Crippen molar-refractivity contribution in [2.75, 3.05) is 19.3 Å². The van der Waals surface area contributed by atoms with Crippen LogP contribution in [0.2, 0.25) is 0 Å². The van der Waals surface area contributed by atoms with Crippen molar-refractivity contribution >= 4 is 26.8 Å². The van der Waals surface area contributed by atoms with E-state index in [2.05, 4.69) is 21.8 Å². The molecule has 2 atom stereocenters. The number of benzene rings is 1. The third-order valence-corrected chi connectivity index (χ3v) is 5.16. The maximum atomic E-state index is 12.8. The predicted molar refractivity (Wildman–Crippen MR) is 92.2 cm³/mol. The van der Waals surface area contributed by atoms with E-state index in [-0.39, 0.29) is 17.9 Å². The first-order valence-corrected chi connectivity index (χ1v) is 9.98. The largest absolute Gasteiger partial charge is 0.335 e.